The van der Waals surface area contributed by atoms with E-state index in [0.717, 1.165) is 11.3 Å². The molecule has 2 aromatic carbocycles. The van der Waals surface area contributed by atoms with Crippen LogP contribution in [0.3, 0.4) is 0 Å². The normalized spacial score (nSPS) is 12.5. The van der Waals surface area contributed by atoms with Crippen molar-refractivity contribution in [3.05, 3.63) is 84.7 Å². The number of aromatic nitrogens is 5. The number of nitrogens with zero attached hydrogens (tertiary/aromatic N) is 5. The van der Waals surface area contributed by atoms with E-state index in [1.165, 1.54) is 0 Å². The fourth-order valence-electron chi connectivity index (χ4n) is 3.74. The Morgan fingerprint density at radius 2 is 1.83 bits per heavy atom. The minimum absolute atomic E-state index is 0.245. The summed E-state index contributed by atoms with van der Waals surface area (Å²) in [5.74, 6) is -0.253. The zero-order valence-electron chi connectivity index (χ0n) is 15.8. The number of benzene rings is 2. The third-order valence-electron chi connectivity index (χ3n) is 5.18. The third kappa shape index (κ3) is 2.93. The molecular formula is C23H18FN5. The van der Waals surface area contributed by atoms with Gasteiger partial charge in [0.25, 0.3) is 0 Å². The molecule has 5 aromatic rings. The molecule has 0 radical (unpaired) electrons. The van der Waals surface area contributed by atoms with Gasteiger partial charge in [0.1, 0.15) is 5.82 Å². The number of hydrogen-bond acceptors (Lipinski definition) is 4. The van der Waals surface area contributed by atoms with E-state index in [0.29, 0.717) is 34.2 Å². The summed E-state index contributed by atoms with van der Waals surface area (Å²) >= 11 is 0. The maximum Gasteiger partial charge on any atom is 0.197 e. The van der Waals surface area contributed by atoms with Crippen molar-refractivity contribution in [3.63, 3.8) is 0 Å². The number of halogens is 1. The lowest BCUT2D eigenvalue weighted by molar-refractivity contribution is 0.531. The number of hydrogen-bond donors (Lipinski definition) is 0. The summed E-state index contributed by atoms with van der Waals surface area (Å²) in [5, 5.41) is 0.518. The van der Waals surface area contributed by atoms with Crippen molar-refractivity contribution in [1.82, 2.24) is 24.5 Å². The van der Waals surface area contributed by atoms with Crippen LogP contribution in [0.25, 0.3) is 33.5 Å². The Hall–Kier alpha value is -3.67. The van der Waals surface area contributed by atoms with Gasteiger partial charge in [-0.1, -0.05) is 43.3 Å². The van der Waals surface area contributed by atoms with Crippen LogP contribution in [-0.2, 0) is 0 Å². The van der Waals surface area contributed by atoms with Gasteiger partial charge in [-0.05, 0) is 24.6 Å². The SMILES string of the molecule is CCC(c1ccc2ncccc2c1F)n1cnc2ncc(-c3ccccc3)nc21. The van der Waals surface area contributed by atoms with Crippen molar-refractivity contribution in [1.29, 1.82) is 0 Å². The van der Waals surface area contributed by atoms with Crippen molar-refractivity contribution < 1.29 is 4.39 Å². The molecule has 0 saturated heterocycles. The van der Waals surface area contributed by atoms with E-state index in [-0.39, 0.29) is 11.9 Å². The second kappa shape index (κ2) is 7.05. The van der Waals surface area contributed by atoms with Crippen molar-refractivity contribution in [2.45, 2.75) is 19.4 Å². The Kier molecular flexibility index (Phi) is 4.24. The van der Waals surface area contributed by atoms with Crippen LogP contribution in [0.4, 0.5) is 4.39 Å². The highest BCUT2D eigenvalue weighted by Gasteiger charge is 2.21. The first-order chi connectivity index (χ1) is 14.3. The van der Waals surface area contributed by atoms with Gasteiger partial charge in [-0.3, -0.25) is 4.98 Å². The van der Waals surface area contributed by atoms with Gasteiger partial charge in [-0.25, -0.2) is 19.3 Å². The van der Waals surface area contributed by atoms with E-state index in [4.69, 9.17) is 4.98 Å². The highest BCUT2D eigenvalue weighted by Crippen LogP contribution is 2.31. The van der Waals surface area contributed by atoms with Gasteiger partial charge in [-0.15, -0.1) is 0 Å². The first kappa shape index (κ1) is 17.4. The van der Waals surface area contributed by atoms with Crippen LogP contribution >= 0.6 is 0 Å². The fraction of sp³-hybridized carbons (Fsp3) is 0.130. The minimum atomic E-state index is -0.253. The van der Waals surface area contributed by atoms with Gasteiger partial charge >= 0.3 is 0 Å². The lowest BCUT2D eigenvalue weighted by atomic mass is 10.0. The van der Waals surface area contributed by atoms with Crippen molar-refractivity contribution in [3.8, 4) is 11.3 Å². The van der Waals surface area contributed by atoms with Crippen LogP contribution in [0, 0.1) is 5.82 Å². The molecule has 5 rings (SSSR count). The number of pyridine rings is 1. The summed E-state index contributed by atoms with van der Waals surface area (Å²) in [6.07, 6.45) is 5.77. The highest BCUT2D eigenvalue weighted by molar-refractivity contribution is 5.80. The molecule has 5 nitrogen and oxygen atoms in total. The van der Waals surface area contributed by atoms with Crippen LogP contribution in [-0.4, -0.2) is 24.5 Å². The van der Waals surface area contributed by atoms with Crippen molar-refractivity contribution in [2.24, 2.45) is 0 Å². The Morgan fingerprint density at radius 3 is 2.66 bits per heavy atom. The lowest BCUT2D eigenvalue weighted by Gasteiger charge is -2.19. The molecule has 0 aliphatic heterocycles. The zero-order chi connectivity index (χ0) is 19.8. The summed E-state index contributed by atoms with van der Waals surface area (Å²) in [6, 6.07) is 16.8. The number of imidazole rings is 1. The summed E-state index contributed by atoms with van der Waals surface area (Å²) in [4.78, 5) is 17.9. The smallest absolute Gasteiger partial charge is 0.197 e. The average molecular weight is 383 g/mol. The molecule has 29 heavy (non-hydrogen) atoms. The molecule has 0 spiro atoms. The molecule has 0 aliphatic rings. The van der Waals surface area contributed by atoms with Crippen LogP contribution < -0.4 is 0 Å². The van der Waals surface area contributed by atoms with Gasteiger partial charge in [-0.2, -0.15) is 0 Å². The van der Waals surface area contributed by atoms with Crippen LogP contribution in [0.15, 0.2) is 73.3 Å². The van der Waals surface area contributed by atoms with E-state index >= 15 is 4.39 Å². The molecule has 6 heteroatoms. The molecule has 0 saturated carbocycles. The molecule has 1 unspecified atom stereocenters. The highest BCUT2D eigenvalue weighted by atomic mass is 19.1. The fourth-order valence-corrected chi connectivity index (χ4v) is 3.74. The van der Waals surface area contributed by atoms with Crippen LogP contribution in [0.2, 0.25) is 0 Å². The standard InChI is InChI=1S/C23H18FN5/c1-2-20(17-10-11-18-16(21(17)24)9-6-12-25-18)29-14-27-22-23(29)28-19(13-26-22)15-7-4-3-5-8-15/h3-14,20H,2H2,1H3. The zero-order valence-corrected chi connectivity index (χ0v) is 15.8. The van der Waals surface area contributed by atoms with Gasteiger partial charge < -0.3 is 4.57 Å². The molecule has 0 N–H and O–H groups in total. The molecule has 0 bridgehead atoms. The topological polar surface area (TPSA) is 56.5 Å². The molecule has 3 heterocycles. The molecule has 3 aromatic heterocycles. The van der Waals surface area contributed by atoms with Crippen molar-refractivity contribution in [2.75, 3.05) is 0 Å². The van der Waals surface area contributed by atoms with Gasteiger partial charge in [0, 0.05) is 22.7 Å². The predicted octanol–water partition coefficient (Wildman–Crippen LogP) is 5.18. The Labute approximate surface area is 166 Å². The number of fused-ring (bicyclic) bond motifs is 2. The second-order valence-corrected chi connectivity index (χ2v) is 6.88. The molecule has 0 amide bonds. The summed E-state index contributed by atoms with van der Waals surface area (Å²) in [7, 11) is 0. The summed E-state index contributed by atoms with van der Waals surface area (Å²) in [5.41, 5.74) is 4.17. The third-order valence-corrected chi connectivity index (χ3v) is 5.18. The second-order valence-electron chi connectivity index (χ2n) is 6.88. The molecule has 142 valence electrons. The predicted molar refractivity (Wildman–Crippen MR) is 111 cm³/mol. The Bertz CT molecular complexity index is 1310. The Balaban J connectivity index is 1.66. The van der Waals surface area contributed by atoms with Crippen molar-refractivity contribution >= 4 is 22.2 Å². The van der Waals surface area contributed by atoms with E-state index in [9.17, 15) is 0 Å². The minimum Gasteiger partial charge on any atom is -0.306 e. The summed E-state index contributed by atoms with van der Waals surface area (Å²) < 4.78 is 17.2. The monoisotopic (exact) mass is 383 g/mol. The number of rotatable bonds is 4. The van der Waals surface area contributed by atoms with Crippen LogP contribution in [0.5, 0.6) is 0 Å². The molecular weight excluding hydrogens is 365 g/mol. The molecule has 0 aliphatic carbocycles. The summed E-state index contributed by atoms with van der Waals surface area (Å²) in [6.45, 7) is 2.03. The maximum atomic E-state index is 15.3. The van der Waals surface area contributed by atoms with Gasteiger partial charge in [0.15, 0.2) is 11.3 Å². The molecule has 1 atom stereocenters. The van der Waals surface area contributed by atoms with Gasteiger partial charge in [0.05, 0.1) is 29.8 Å². The first-order valence-electron chi connectivity index (χ1n) is 9.54. The largest absolute Gasteiger partial charge is 0.306 e. The molecule has 0 fully saturated rings. The average Bonchev–Trinajstić information content (AvgIpc) is 3.20. The van der Waals surface area contributed by atoms with Gasteiger partial charge in [0.2, 0.25) is 0 Å². The van der Waals surface area contributed by atoms with E-state index in [1.54, 1.807) is 36.9 Å². The quantitative estimate of drug-likeness (QED) is 0.429. The Morgan fingerprint density at radius 1 is 0.966 bits per heavy atom. The van der Waals surface area contributed by atoms with E-state index in [1.807, 2.05) is 47.9 Å². The lowest BCUT2D eigenvalue weighted by Crippen LogP contribution is -2.12. The first-order valence-corrected chi connectivity index (χ1v) is 9.54. The van der Waals surface area contributed by atoms with E-state index in [2.05, 4.69) is 15.0 Å². The maximum absolute atomic E-state index is 15.3. The van der Waals surface area contributed by atoms with Crippen LogP contribution in [0.1, 0.15) is 24.9 Å². The van der Waals surface area contributed by atoms with E-state index < -0.39 is 0 Å².